The minimum absolute atomic E-state index is 0.183. The molecule has 1 atom stereocenters. The van der Waals surface area contributed by atoms with Crippen LogP contribution in [0.25, 0.3) is 0 Å². The van der Waals surface area contributed by atoms with E-state index in [0.29, 0.717) is 10.7 Å². The Balaban J connectivity index is 1.98. The van der Waals surface area contributed by atoms with Crippen LogP contribution in [0.3, 0.4) is 0 Å². The smallest absolute Gasteiger partial charge is 0.148 e. The first kappa shape index (κ1) is 10.1. The van der Waals surface area contributed by atoms with Crippen molar-refractivity contribution in [1.82, 2.24) is 0 Å². The molecule has 3 rings (SSSR count). The van der Waals surface area contributed by atoms with Crippen molar-refractivity contribution in [1.29, 1.82) is 0 Å². The number of fused-ring (bicyclic) bond motifs is 1. The molecule has 2 heterocycles. The van der Waals surface area contributed by atoms with Gasteiger partial charge in [0.15, 0.2) is 0 Å². The third-order valence-corrected chi connectivity index (χ3v) is 3.97. The van der Waals surface area contributed by atoms with Crippen molar-refractivity contribution in [3.05, 3.63) is 50.9 Å². The van der Waals surface area contributed by atoms with Crippen molar-refractivity contribution in [3.8, 4) is 0 Å². The fourth-order valence-electron chi connectivity index (χ4n) is 2.06. The number of benzene rings is 1. The number of hydrogen-bond donors (Lipinski definition) is 1. The molecule has 1 aromatic carbocycles. The predicted molar refractivity (Wildman–Crippen MR) is 65.8 cm³/mol. The van der Waals surface area contributed by atoms with Crippen LogP contribution in [0.5, 0.6) is 0 Å². The monoisotopic (exact) mass is 253 g/mol. The van der Waals surface area contributed by atoms with Crippen LogP contribution < -0.4 is 5.32 Å². The normalized spacial score (nSPS) is 18.2. The van der Waals surface area contributed by atoms with Crippen LogP contribution in [0.15, 0.2) is 29.6 Å². The van der Waals surface area contributed by atoms with Gasteiger partial charge in [-0.15, -0.1) is 11.3 Å². The van der Waals surface area contributed by atoms with E-state index in [1.807, 2.05) is 17.5 Å². The van der Waals surface area contributed by atoms with E-state index in [0.717, 1.165) is 12.0 Å². The van der Waals surface area contributed by atoms with E-state index in [4.69, 9.17) is 11.6 Å². The molecule has 16 heavy (non-hydrogen) atoms. The molecule has 1 nitrogen and oxygen atoms in total. The molecular formula is C12H9ClFNS. The van der Waals surface area contributed by atoms with E-state index in [1.165, 1.54) is 10.9 Å². The van der Waals surface area contributed by atoms with Gasteiger partial charge < -0.3 is 5.32 Å². The second-order valence-electron chi connectivity index (χ2n) is 3.84. The van der Waals surface area contributed by atoms with Gasteiger partial charge in [-0.3, -0.25) is 0 Å². The number of halogens is 2. The second kappa shape index (κ2) is 3.75. The molecular weight excluding hydrogens is 245 g/mol. The fourth-order valence-corrected chi connectivity index (χ4v) is 3.06. The van der Waals surface area contributed by atoms with Gasteiger partial charge in [-0.05, 0) is 35.6 Å². The zero-order valence-corrected chi connectivity index (χ0v) is 9.91. The summed E-state index contributed by atoms with van der Waals surface area (Å²) in [6.07, 6.45) is 0.799. The molecule has 82 valence electrons. The molecule has 1 unspecified atom stereocenters. The van der Waals surface area contributed by atoms with Crippen LogP contribution in [-0.2, 0) is 6.42 Å². The van der Waals surface area contributed by atoms with Gasteiger partial charge >= 0.3 is 0 Å². The van der Waals surface area contributed by atoms with Crippen molar-refractivity contribution in [2.45, 2.75) is 12.5 Å². The Kier molecular flexibility index (Phi) is 2.37. The lowest BCUT2D eigenvalue weighted by atomic mass is 10.1. The third kappa shape index (κ3) is 1.60. The molecule has 0 amide bonds. The Morgan fingerprint density at radius 2 is 2.31 bits per heavy atom. The van der Waals surface area contributed by atoms with E-state index in [1.54, 1.807) is 11.3 Å². The zero-order valence-electron chi connectivity index (χ0n) is 8.34. The minimum atomic E-state index is -0.262. The van der Waals surface area contributed by atoms with Gasteiger partial charge in [0.2, 0.25) is 0 Å². The van der Waals surface area contributed by atoms with Crippen LogP contribution in [0.2, 0.25) is 5.02 Å². The molecule has 0 aliphatic carbocycles. The van der Waals surface area contributed by atoms with Crippen LogP contribution in [0.1, 0.15) is 16.5 Å². The molecule has 4 heteroatoms. The Labute approximate surface area is 102 Å². The van der Waals surface area contributed by atoms with Gasteiger partial charge in [-0.25, -0.2) is 4.39 Å². The number of rotatable bonds is 1. The van der Waals surface area contributed by atoms with Crippen molar-refractivity contribution in [2.24, 2.45) is 0 Å². The standard InChI is InChI=1S/C12H9ClFNS/c13-8-4-7-5-10(11-2-1-3-16-11)15-12(7)9(14)6-8/h1-4,6,10,15H,5H2. The molecule has 0 fully saturated rings. The summed E-state index contributed by atoms with van der Waals surface area (Å²) in [5.74, 6) is -0.262. The van der Waals surface area contributed by atoms with Crippen LogP contribution in [0.4, 0.5) is 10.1 Å². The summed E-state index contributed by atoms with van der Waals surface area (Å²) in [6, 6.07) is 7.44. The first-order chi connectivity index (χ1) is 7.74. The quantitative estimate of drug-likeness (QED) is 0.801. The highest BCUT2D eigenvalue weighted by atomic mass is 35.5. The fraction of sp³-hybridized carbons (Fsp3) is 0.167. The maximum absolute atomic E-state index is 13.6. The summed E-state index contributed by atoms with van der Waals surface area (Å²) < 4.78 is 13.6. The molecule has 0 bridgehead atoms. The highest BCUT2D eigenvalue weighted by Crippen LogP contribution is 2.38. The number of anilines is 1. The van der Waals surface area contributed by atoms with Gasteiger partial charge in [0.25, 0.3) is 0 Å². The molecule has 1 aliphatic heterocycles. The van der Waals surface area contributed by atoms with Gasteiger partial charge in [-0.1, -0.05) is 17.7 Å². The maximum Gasteiger partial charge on any atom is 0.148 e. The van der Waals surface area contributed by atoms with Crippen molar-refractivity contribution in [2.75, 3.05) is 5.32 Å². The van der Waals surface area contributed by atoms with Gasteiger partial charge in [0, 0.05) is 9.90 Å². The molecule has 1 aliphatic rings. The predicted octanol–water partition coefficient (Wildman–Crippen LogP) is 4.25. The first-order valence-electron chi connectivity index (χ1n) is 5.02. The Morgan fingerprint density at radius 1 is 1.44 bits per heavy atom. The molecule has 0 radical (unpaired) electrons. The Hall–Kier alpha value is -1.06. The highest BCUT2D eigenvalue weighted by molar-refractivity contribution is 7.10. The van der Waals surface area contributed by atoms with Gasteiger partial charge in [-0.2, -0.15) is 0 Å². The highest BCUT2D eigenvalue weighted by Gasteiger charge is 2.25. The van der Waals surface area contributed by atoms with Crippen LogP contribution in [-0.4, -0.2) is 0 Å². The van der Waals surface area contributed by atoms with Crippen LogP contribution in [0, 0.1) is 5.82 Å². The first-order valence-corrected chi connectivity index (χ1v) is 6.27. The molecule has 2 aromatic rings. The summed E-state index contributed by atoms with van der Waals surface area (Å²) in [6.45, 7) is 0. The molecule has 0 saturated heterocycles. The van der Waals surface area contributed by atoms with E-state index in [2.05, 4.69) is 11.4 Å². The SMILES string of the molecule is Fc1cc(Cl)cc2c1NC(c1cccs1)C2. The van der Waals surface area contributed by atoms with Gasteiger partial charge in [0.1, 0.15) is 5.82 Å². The maximum atomic E-state index is 13.6. The lowest BCUT2D eigenvalue weighted by molar-refractivity contribution is 0.631. The average molecular weight is 254 g/mol. The van der Waals surface area contributed by atoms with Crippen molar-refractivity contribution >= 4 is 28.6 Å². The third-order valence-electron chi connectivity index (χ3n) is 2.77. The molecule has 0 saturated carbocycles. The van der Waals surface area contributed by atoms with Crippen LogP contribution >= 0.6 is 22.9 Å². The van der Waals surface area contributed by atoms with E-state index in [-0.39, 0.29) is 11.9 Å². The van der Waals surface area contributed by atoms with E-state index in [9.17, 15) is 4.39 Å². The largest absolute Gasteiger partial charge is 0.374 e. The summed E-state index contributed by atoms with van der Waals surface area (Å²) in [7, 11) is 0. The van der Waals surface area contributed by atoms with Gasteiger partial charge in [0.05, 0.1) is 11.7 Å². The van der Waals surface area contributed by atoms with Crippen molar-refractivity contribution < 1.29 is 4.39 Å². The Morgan fingerprint density at radius 3 is 3.06 bits per heavy atom. The van der Waals surface area contributed by atoms with E-state index < -0.39 is 0 Å². The Bertz CT molecular complexity index is 524. The molecule has 1 aromatic heterocycles. The molecule has 1 N–H and O–H groups in total. The zero-order chi connectivity index (χ0) is 11.1. The number of nitrogens with one attached hydrogen (secondary N) is 1. The summed E-state index contributed by atoms with van der Waals surface area (Å²) >= 11 is 7.52. The minimum Gasteiger partial charge on any atom is -0.374 e. The summed E-state index contributed by atoms with van der Waals surface area (Å²) in [5.41, 5.74) is 1.56. The summed E-state index contributed by atoms with van der Waals surface area (Å²) in [5, 5.41) is 5.70. The average Bonchev–Trinajstić information content (AvgIpc) is 2.82. The molecule has 0 spiro atoms. The summed E-state index contributed by atoms with van der Waals surface area (Å²) in [4.78, 5) is 1.23. The lowest BCUT2D eigenvalue weighted by Gasteiger charge is -2.08. The topological polar surface area (TPSA) is 12.0 Å². The number of hydrogen-bond acceptors (Lipinski definition) is 2. The number of thiophene rings is 1. The second-order valence-corrected chi connectivity index (χ2v) is 5.25. The van der Waals surface area contributed by atoms with Crippen molar-refractivity contribution in [3.63, 3.8) is 0 Å². The lowest BCUT2D eigenvalue weighted by Crippen LogP contribution is -2.03. The van der Waals surface area contributed by atoms with E-state index >= 15 is 0 Å².